The summed E-state index contributed by atoms with van der Waals surface area (Å²) in [6.07, 6.45) is 4.51. The zero-order chi connectivity index (χ0) is 22.0. The molecule has 0 aliphatic heterocycles. The normalized spacial score (nSPS) is 11.9. The summed E-state index contributed by atoms with van der Waals surface area (Å²) in [4.78, 5) is 12.5. The highest BCUT2D eigenvalue weighted by Crippen LogP contribution is 2.36. The maximum absolute atomic E-state index is 15.2. The van der Waals surface area contributed by atoms with Crippen molar-refractivity contribution in [3.05, 3.63) is 88.0 Å². The lowest BCUT2D eigenvalue weighted by Gasteiger charge is -2.22. The molecular formula is C26H21F2NO2. The van der Waals surface area contributed by atoms with E-state index >= 15 is 4.39 Å². The predicted molar refractivity (Wildman–Crippen MR) is 114 cm³/mol. The Hall–Kier alpha value is -3.52. The van der Waals surface area contributed by atoms with Gasteiger partial charge >= 0.3 is 5.97 Å². The highest BCUT2D eigenvalue weighted by Gasteiger charge is 2.25. The number of aryl methyl sites for hydroxylation is 2. The van der Waals surface area contributed by atoms with Crippen LogP contribution in [0.2, 0.25) is 0 Å². The van der Waals surface area contributed by atoms with Crippen LogP contribution in [-0.2, 0) is 19.3 Å². The Kier molecular flexibility index (Phi) is 5.81. The van der Waals surface area contributed by atoms with Crippen LogP contribution in [0.3, 0.4) is 0 Å². The van der Waals surface area contributed by atoms with Crippen LogP contribution in [0.25, 0.3) is 11.1 Å². The molecule has 0 saturated heterocycles. The molecule has 1 aliphatic carbocycles. The van der Waals surface area contributed by atoms with Crippen LogP contribution in [-0.4, -0.2) is 5.97 Å². The molecule has 3 aromatic carbocycles. The number of nitrogens with zero attached hydrogens (tertiary/aromatic N) is 1. The molecule has 0 saturated carbocycles. The summed E-state index contributed by atoms with van der Waals surface area (Å²) in [6, 6.07) is 14.6. The molecule has 31 heavy (non-hydrogen) atoms. The number of carbonyl (C=O) groups is 1. The van der Waals surface area contributed by atoms with Crippen molar-refractivity contribution in [3.8, 4) is 22.9 Å². The van der Waals surface area contributed by atoms with Crippen molar-refractivity contribution in [2.75, 3.05) is 0 Å². The summed E-state index contributed by atoms with van der Waals surface area (Å²) in [7, 11) is 0. The molecule has 0 fully saturated rings. The first kappa shape index (κ1) is 20.7. The number of unbranched alkanes of at least 4 members (excludes halogenated alkanes) is 1. The van der Waals surface area contributed by atoms with Crippen molar-refractivity contribution in [3.63, 3.8) is 0 Å². The van der Waals surface area contributed by atoms with Gasteiger partial charge in [-0.3, -0.25) is 0 Å². The minimum Gasteiger partial charge on any atom is -0.423 e. The summed E-state index contributed by atoms with van der Waals surface area (Å²) < 4.78 is 34.1. The summed E-state index contributed by atoms with van der Waals surface area (Å²) in [6.45, 7) is 2.16. The molecule has 0 bridgehead atoms. The Balaban J connectivity index is 1.61. The van der Waals surface area contributed by atoms with E-state index in [2.05, 4.69) is 19.1 Å². The fourth-order valence-corrected chi connectivity index (χ4v) is 4.00. The zero-order valence-electron chi connectivity index (χ0n) is 17.2. The van der Waals surface area contributed by atoms with Gasteiger partial charge in [-0.1, -0.05) is 37.6 Å². The molecule has 0 aromatic heterocycles. The number of ether oxygens (including phenoxy) is 1. The number of hydrogen-bond acceptors (Lipinski definition) is 3. The second kappa shape index (κ2) is 8.69. The number of fused-ring (bicyclic) bond motifs is 3. The smallest absolute Gasteiger partial charge is 0.346 e. The van der Waals surface area contributed by atoms with Crippen molar-refractivity contribution in [2.45, 2.75) is 39.0 Å². The van der Waals surface area contributed by atoms with Crippen molar-refractivity contribution < 1.29 is 18.3 Å². The molecule has 156 valence electrons. The second-order valence-electron chi connectivity index (χ2n) is 7.69. The standard InChI is InChI=1S/C26H21F2NO2/c1-2-3-4-16-5-9-20-17(13-16)7-10-22-21(20)11-12-23(25(22)28)26(30)31-19-8-6-18(15-29)24(27)14-19/h5-6,8-9,11-14H,2-4,7,10H2,1H3. The molecule has 0 atom stereocenters. The Morgan fingerprint density at radius 3 is 2.61 bits per heavy atom. The zero-order valence-corrected chi connectivity index (χ0v) is 17.2. The van der Waals surface area contributed by atoms with Gasteiger partial charge in [0.05, 0.1) is 11.1 Å². The number of hydrogen-bond donors (Lipinski definition) is 0. The number of nitriles is 1. The van der Waals surface area contributed by atoms with Gasteiger partial charge in [0.25, 0.3) is 0 Å². The Morgan fingerprint density at radius 1 is 1.06 bits per heavy atom. The molecule has 0 spiro atoms. The van der Waals surface area contributed by atoms with Crippen molar-refractivity contribution in [1.29, 1.82) is 5.26 Å². The third-order valence-corrected chi connectivity index (χ3v) is 5.66. The summed E-state index contributed by atoms with van der Waals surface area (Å²) >= 11 is 0. The Bertz CT molecular complexity index is 1210. The van der Waals surface area contributed by atoms with Gasteiger partial charge in [0.2, 0.25) is 0 Å². The number of halogens is 2. The minimum absolute atomic E-state index is 0.0800. The fourth-order valence-electron chi connectivity index (χ4n) is 4.00. The SMILES string of the molecule is CCCCc1ccc2c(c1)CCc1c-2ccc(C(=O)Oc2ccc(C#N)c(F)c2)c1F. The molecule has 3 nitrogen and oxygen atoms in total. The van der Waals surface area contributed by atoms with Gasteiger partial charge in [0.15, 0.2) is 0 Å². The molecule has 5 heteroatoms. The monoisotopic (exact) mass is 417 g/mol. The lowest BCUT2D eigenvalue weighted by Crippen LogP contribution is -2.15. The van der Waals surface area contributed by atoms with Crippen molar-refractivity contribution >= 4 is 5.97 Å². The molecule has 0 amide bonds. The van der Waals surface area contributed by atoms with Gasteiger partial charge in [-0.15, -0.1) is 0 Å². The van der Waals surface area contributed by atoms with E-state index in [1.165, 1.54) is 29.3 Å². The van der Waals surface area contributed by atoms with E-state index in [1.54, 1.807) is 12.1 Å². The lowest BCUT2D eigenvalue weighted by molar-refractivity contribution is 0.0729. The van der Waals surface area contributed by atoms with E-state index in [-0.39, 0.29) is 16.9 Å². The lowest BCUT2D eigenvalue weighted by atomic mass is 9.83. The largest absolute Gasteiger partial charge is 0.423 e. The highest BCUT2D eigenvalue weighted by atomic mass is 19.1. The van der Waals surface area contributed by atoms with Crippen LogP contribution in [0, 0.1) is 23.0 Å². The topological polar surface area (TPSA) is 50.1 Å². The number of esters is 1. The molecule has 0 radical (unpaired) electrons. The van der Waals surface area contributed by atoms with E-state index in [4.69, 9.17) is 10.00 Å². The van der Waals surface area contributed by atoms with Gasteiger partial charge in [-0.05, 0) is 71.7 Å². The van der Waals surface area contributed by atoms with Gasteiger partial charge in [0.1, 0.15) is 23.5 Å². The number of carbonyl (C=O) groups excluding carboxylic acids is 1. The highest BCUT2D eigenvalue weighted by molar-refractivity contribution is 5.93. The molecular weight excluding hydrogens is 396 g/mol. The third-order valence-electron chi connectivity index (χ3n) is 5.66. The van der Waals surface area contributed by atoms with Gasteiger partial charge in [0, 0.05) is 6.07 Å². The van der Waals surface area contributed by atoms with Gasteiger partial charge < -0.3 is 4.74 Å². The summed E-state index contributed by atoms with van der Waals surface area (Å²) in [5.74, 6) is -2.38. The Labute approximate surface area is 179 Å². The molecule has 3 aromatic rings. The molecule has 0 N–H and O–H groups in total. The van der Waals surface area contributed by atoms with Crippen LogP contribution < -0.4 is 4.74 Å². The maximum atomic E-state index is 15.2. The Morgan fingerprint density at radius 2 is 1.87 bits per heavy atom. The second-order valence-corrected chi connectivity index (χ2v) is 7.69. The van der Waals surface area contributed by atoms with Crippen LogP contribution in [0.5, 0.6) is 5.75 Å². The van der Waals surface area contributed by atoms with Crippen LogP contribution in [0.4, 0.5) is 8.78 Å². The number of rotatable bonds is 5. The number of benzene rings is 3. The average Bonchev–Trinajstić information content (AvgIpc) is 2.77. The minimum atomic E-state index is -0.898. The molecule has 0 unspecified atom stereocenters. The van der Waals surface area contributed by atoms with E-state index in [1.807, 2.05) is 6.07 Å². The summed E-state index contributed by atoms with van der Waals surface area (Å²) in [5.41, 5.74) is 4.43. The molecule has 4 rings (SSSR count). The van der Waals surface area contributed by atoms with E-state index in [9.17, 15) is 9.18 Å². The van der Waals surface area contributed by atoms with Crippen LogP contribution in [0.15, 0.2) is 48.5 Å². The van der Waals surface area contributed by atoms with Crippen LogP contribution >= 0.6 is 0 Å². The van der Waals surface area contributed by atoms with E-state index < -0.39 is 17.6 Å². The molecule has 0 heterocycles. The fraction of sp³-hybridized carbons (Fsp3) is 0.231. The first-order chi connectivity index (χ1) is 15.0. The molecule has 1 aliphatic rings. The van der Waals surface area contributed by atoms with E-state index in [0.29, 0.717) is 18.4 Å². The predicted octanol–water partition coefficient (Wildman–Crippen LogP) is 6.16. The third kappa shape index (κ3) is 4.06. The van der Waals surface area contributed by atoms with Gasteiger partial charge in [-0.25, -0.2) is 13.6 Å². The van der Waals surface area contributed by atoms with Gasteiger partial charge in [-0.2, -0.15) is 5.26 Å². The maximum Gasteiger partial charge on any atom is 0.346 e. The van der Waals surface area contributed by atoms with Crippen molar-refractivity contribution in [1.82, 2.24) is 0 Å². The quantitative estimate of drug-likeness (QED) is 0.369. The van der Waals surface area contributed by atoms with Crippen LogP contribution in [0.1, 0.15) is 52.4 Å². The first-order valence-corrected chi connectivity index (χ1v) is 10.4. The first-order valence-electron chi connectivity index (χ1n) is 10.4. The van der Waals surface area contributed by atoms with Crippen molar-refractivity contribution in [2.24, 2.45) is 0 Å². The van der Waals surface area contributed by atoms with E-state index in [0.717, 1.165) is 36.5 Å². The average molecular weight is 417 g/mol. The summed E-state index contributed by atoms with van der Waals surface area (Å²) in [5, 5.41) is 8.79.